The minimum absolute atomic E-state index is 0.459. The average molecular weight is 278 g/mol. The minimum Gasteiger partial charge on any atom is -0.370 e. The summed E-state index contributed by atoms with van der Waals surface area (Å²) in [6.07, 6.45) is 7.00. The summed E-state index contributed by atoms with van der Waals surface area (Å²) in [7, 11) is 0. The zero-order valence-corrected chi connectivity index (χ0v) is 13.5. The lowest BCUT2D eigenvalue weighted by molar-refractivity contribution is 0.613. The van der Waals surface area contributed by atoms with Crippen LogP contribution in [0.1, 0.15) is 65.6 Å². The molecule has 2 N–H and O–H groups in total. The molecule has 0 saturated heterocycles. The molecule has 4 nitrogen and oxygen atoms in total. The van der Waals surface area contributed by atoms with E-state index in [0.29, 0.717) is 6.04 Å². The fraction of sp³-hybridized carbons (Fsp3) is 0.750. The van der Waals surface area contributed by atoms with Crippen molar-refractivity contribution in [2.45, 2.75) is 72.3 Å². The molecule has 0 saturated carbocycles. The molecule has 0 amide bonds. The molecule has 0 aromatic carbocycles. The van der Waals surface area contributed by atoms with Crippen molar-refractivity contribution in [3.05, 3.63) is 11.9 Å². The summed E-state index contributed by atoms with van der Waals surface area (Å²) in [5.41, 5.74) is 0. The number of unbranched alkanes of at least 4 members (excludes halogenated alkanes) is 2. The van der Waals surface area contributed by atoms with E-state index in [1.165, 1.54) is 25.7 Å². The first-order valence-electron chi connectivity index (χ1n) is 8.07. The van der Waals surface area contributed by atoms with Crippen LogP contribution in [0.5, 0.6) is 0 Å². The first-order valence-corrected chi connectivity index (χ1v) is 8.07. The molecule has 0 aliphatic rings. The Hall–Kier alpha value is -1.32. The molecule has 0 fully saturated rings. The van der Waals surface area contributed by atoms with Crippen LogP contribution in [0.4, 0.5) is 11.6 Å². The summed E-state index contributed by atoms with van der Waals surface area (Å²) in [5, 5.41) is 6.85. The molecule has 1 aromatic heterocycles. The molecule has 0 bridgehead atoms. The lowest BCUT2D eigenvalue weighted by Crippen LogP contribution is -2.17. The first-order chi connectivity index (χ1) is 9.69. The van der Waals surface area contributed by atoms with Crippen molar-refractivity contribution < 1.29 is 0 Å². The van der Waals surface area contributed by atoms with E-state index in [0.717, 1.165) is 36.8 Å². The highest BCUT2D eigenvalue weighted by Crippen LogP contribution is 2.15. The summed E-state index contributed by atoms with van der Waals surface area (Å²) in [6, 6.07) is 2.48. The number of hydrogen-bond donors (Lipinski definition) is 2. The van der Waals surface area contributed by atoms with E-state index in [2.05, 4.69) is 48.3 Å². The number of anilines is 2. The lowest BCUT2D eigenvalue weighted by Gasteiger charge is -2.16. The molecule has 0 aliphatic carbocycles. The number of nitrogens with zero attached hydrogens (tertiary/aromatic N) is 2. The van der Waals surface area contributed by atoms with Gasteiger partial charge in [-0.1, -0.05) is 40.0 Å². The first kappa shape index (κ1) is 16.7. The topological polar surface area (TPSA) is 49.8 Å². The van der Waals surface area contributed by atoms with E-state index in [9.17, 15) is 0 Å². The number of hydrogen-bond acceptors (Lipinski definition) is 4. The van der Waals surface area contributed by atoms with Crippen molar-refractivity contribution in [3.63, 3.8) is 0 Å². The van der Waals surface area contributed by atoms with Gasteiger partial charge in [0.15, 0.2) is 0 Å². The van der Waals surface area contributed by atoms with Gasteiger partial charge >= 0.3 is 0 Å². The maximum atomic E-state index is 4.57. The van der Waals surface area contributed by atoms with Gasteiger partial charge in [0.2, 0.25) is 0 Å². The molecule has 0 aliphatic heterocycles. The Morgan fingerprint density at radius 3 is 2.45 bits per heavy atom. The molecule has 1 aromatic rings. The van der Waals surface area contributed by atoms with Crippen LogP contribution in [-0.4, -0.2) is 22.6 Å². The molecule has 0 spiro atoms. The molecule has 0 radical (unpaired) electrons. The second-order valence-corrected chi connectivity index (χ2v) is 5.38. The van der Waals surface area contributed by atoms with Crippen LogP contribution in [-0.2, 0) is 6.42 Å². The number of aromatic nitrogens is 2. The Bertz CT molecular complexity index is 379. The monoisotopic (exact) mass is 278 g/mol. The van der Waals surface area contributed by atoms with Crippen LogP contribution >= 0.6 is 0 Å². The zero-order valence-electron chi connectivity index (χ0n) is 13.5. The van der Waals surface area contributed by atoms with Gasteiger partial charge in [-0.25, -0.2) is 9.97 Å². The van der Waals surface area contributed by atoms with Crippen LogP contribution in [0.3, 0.4) is 0 Å². The molecule has 20 heavy (non-hydrogen) atoms. The lowest BCUT2D eigenvalue weighted by atomic mass is 10.1. The molecule has 1 rings (SSSR count). The Morgan fingerprint density at radius 2 is 1.80 bits per heavy atom. The second kappa shape index (κ2) is 9.56. The van der Waals surface area contributed by atoms with Crippen molar-refractivity contribution in [1.82, 2.24) is 9.97 Å². The molecule has 1 atom stereocenters. The third-order valence-corrected chi connectivity index (χ3v) is 3.28. The standard InChI is InChI=1S/C16H30N4/c1-5-8-9-10-13(4)18-16-12-15(17-11-6-2)19-14(7-3)20-16/h12-13H,5-11H2,1-4H3,(H2,17,18,19,20). The van der Waals surface area contributed by atoms with Crippen LogP contribution in [0.2, 0.25) is 0 Å². The molecular formula is C16H30N4. The summed E-state index contributed by atoms with van der Waals surface area (Å²) in [6.45, 7) is 9.66. The highest BCUT2D eigenvalue weighted by atomic mass is 15.1. The van der Waals surface area contributed by atoms with Crippen LogP contribution in [0.15, 0.2) is 6.07 Å². The summed E-state index contributed by atoms with van der Waals surface area (Å²) in [5.74, 6) is 2.77. The van der Waals surface area contributed by atoms with Crippen molar-refractivity contribution in [3.8, 4) is 0 Å². The van der Waals surface area contributed by atoms with Gasteiger partial charge in [0.05, 0.1) is 0 Å². The van der Waals surface area contributed by atoms with Crippen LogP contribution < -0.4 is 10.6 Å². The predicted octanol–water partition coefficient (Wildman–Crippen LogP) is 4.24. The Morgan fingerprint density at radius 1 is 1.05 bits per heavy atom. The smallest absolute Gasteiger partial charge is 0.132 e. The van der Waals surface area contributed by atoms with Crippen molar-refractivity contribution in [2.75, 3.05) is 17.2 Å². The van der Waals surface area contributed by atoms with Gasteiger partial charge in [0.25, 0.3) is 0 Å². The van der Waals surface area contributed by atoms with Crippen molar-refractivity contribution in [2.24, 2.45) is 0 Å². The number of aryl methyl sites for hydroxylation is 1. The quantitative estimate of drug-likeness (QED) is 0.628. The Labute approximate surface area is 123 Å². The Kier molecular flexibility index (Phi) is 8.00. The van der Waals surface area contributed by atoms with E-state index >= 15 is 0 Å². The van der Waals surface area contributed by atoms with E-state index < -0.39 is 0 Å². The summed E-state index contributed by atoms with van der Waals surface area (Å²) < 4.78 is 0. The summed E-state index contributed by atoms with van der Waals surface area (Å²) >= 11 is 0. The minimum atomic E-state index is 0.459. The molecule has 114 valence electrons. The summed E-state index contributed by atoms with van der Waals surface area (Å²) in [4.78, 5) is 9.08. The van der Waals surface area contributed by atoms with Gasteiger partial charge in [-0.15, -0.1) is 0 Å². The van der Waals surface area contributed by atoms with Crippen LogP contribution in [0, 0.1) is 0 Å². The van der Waals surface area contributed by atoms with Gasteiger partial charge in [-0.3, -0.25) is 0 Å². The predicted molar refractivity (Wildman–Crippen MR) is 87.4 cm³/mol. The average Bonchev–Trinajstić information content (AvgIpc) is 2.45. The SMILES string of the molecule is CCCCCC(C)Nc1cc(NCCC)nc(CC)n1. The molecule has 4 heteroatoms. The third kappa shape index (κ3) is 6.22. The van der Waals surface area contributed by atoms with E-state index in [1.807, 2.05) is 6.07 Å². The van der Waals surface area contributed by atoms with Crippen molar-refractivity contribution in [1.29, 1.82) is 0 Å². The largest absolute Gasteiger partial charge is 0.370 e. The van der Waals surface area contributed by atoms with E-state index in [1.54, 1.807) is 0 Å². The third-order valence-electron chi connectivity index (χ3n) is 3.28. The normalized spacial score (nSPS) is 12.2. The maximum absolute atomic E-state index is 4.57. The zero-order chi connectivity index (χ0) is 14.8. The highest BCUT2D eigenvalue weighted by molar-refractivity contribution is 5.48. The van der Waals surface area contributed by atoms with Crippen LogP contribution in [0.25, 0.3) is 0 Å². The maximum Gasteiger partial charge on any atom is 0.132 e. The van der Waals surface area contributed by atoms with Crippen molar-refractivity contribution >= 4 is 11.6 Å². The van der Waals surface area contributed by atoms with E-state index in [-0.39, 0.29) is 0 Å². The van der Waals surface area contributed by atoms with Gasteiger partial charge in [0, 0.05) is 25.1 Å². The molecular weight excluding hydrogens is 248 g/mol. The molecule has 1 unspecified atom stereocenters. The Balaban J connectivity index is 2.62. The number of nitrogens with one attached hydrogen (secondary N) is 2. The van der Waals surface area contributed by atoms with Gasteiger partial charge < -0.3 is 10.6 Å². The number of rotatable bonds is 10. The highest BCUT2D eigenvalue weighted by Gasteiger charge is 2.06. The van der Waals surface area contributed by atoms with E-state index in [4.69, 9.17) is 0 Å². The fourth-order valence-corrected chi connectivity index (χ4v) is 2.10. The molecule has 1 heterocycles. The second-order valence-electron chi connectivity index (χ2n) is 5.38. The van der Waals surface area contributed by atoms with Gasteiger partial charge in [-0.05, 0) is 19.8 Å². The van der Waals surface area contributed by atoms with Gasteiger partial charge in [-0.2, -0.15) is 0 Å². The fourth-order valence-electron chi connectivity index (χ4n) is 2.10. The van der Waals surface area contributed by atoms with Gasteiger partial charge in [0.1, 0.15) is 17.5 Å².